The van der Waals surface area contributed by atoms with E-state index in [1.807, 2.05) is 25.1 Å². The Morgan fingerprint density at radius 2 is 1.84 bits per heavy atom. The van der Waals surface area contributed by atoms with Crippen LogP contribution in [0.2, 0.25) is 0 Å². The summed E-state index contributed by atoms with van der Waals surface area (Å²) in [5.41, 5.74) is 3.61. The summed E-state index contributed by atoms with van der Waals surface area (Å²) >= 11 is 0. The predicted octanol–water partition coefficient (Wildman–Crippen LogP) is 4.10. The first kappa shape index (κ1) is 19.3. The lowest BCUT2D eigenvalue weighted by Gasteiger charge is -2.14. The van der Waals surface area contributed by atoms with Gasteiger partial charge >= 0.3 is 0 Å². The molecule has 1 N–H and O–H groups in total. The van der Waals surface area contributed by atoms with Crippen LogP contribution in [0, 0.1) is 6.92 Å². The highest BCUT2D eigenvalue weighted by Crippen LogP contribution is 2.29. The fourth-order valence-corrected chi connectivity index (χ4v) is 2.55. The number of methoxy groups -OCH3 is 1. The van der Waals surface area contributed by atoms with E-state index in [4.69, 9.17) is 14.2 Å². The average Bonchev–Trinajstić information content (AvgIpc) is 2.62. The van der Waals surface area contributed by atoms with Gasteiger partial charge in [-0.1, -0.05) is 30.3 Å². The van der Waals surface area contributed by atoms with Crippen LogP contribution in [0.4, 0.5) is 0 Å². The highest BCUT2D eigenvalue weighted by Gasteiger charge is 2.08. The van der Waals surface area contributed by atoms with E-state index in [9.17, 15) is 0 Å². The fraction of sp³-hybridized carbons (Fsp3) is 0.429. The van der Waals surface area contributed by atoms with Crippen molar-refractivity contribution in [2.45, 2.75) is 33.4 Å². The second kappa shape index (κ2) is 10.7. The first-order valence-electron chi connectivity index (χ1n) is 8.87. The van der Waals surface area contributed by atoms with E-state index in [1.54, 1.807) is 7.11 Å². The molecule has 0 saturated heterocycles. The molecule has 0 spiro atoms. The molecule has 0 bridgehead atoms. The van der Waals surface area contributed by atoms with Gasteiger partial charge in [0.15, 0.2) is 11.5 Å². The molecule has 0 radical (unpaired) electrons. The van der Waals surface area contributed by atoms with Crippen LogP contribution in [0.25, 0.3) is 0 Å². The van der Waals surface area contributed by atoms with Crippen LogP contribution in [0.15, 0.2) is 42.5 Å². The van der Waals surface area contributed by atoms with Crippen LogP contribution in [0.5, 0.6) is 11.5 Å². The number of nitrogens with one attached hydrogen (secondary N) is 1. The van der Waals surface area contributed by atoms with Crippen LogP contribution < -0.4 is 14.8 Å². The van der Waals surface area contributed by atoms with Crippen LogP contribution in [0.3, 0.4) is 0 Å². The summed E-state index contributed by atoms with van der Waals surface area (Å²) in [5.74, 6) is 1.58. The van der Waals surface area contributed by atoms with Gasteiger partial charge < -0.3 is 19.5 Å². The van der Waals surface area contributed by atoms with Gasteiger partial charge in [0.05, 0.1) is 6.61 Å². The Hall–Kier alpha value is -2.04. The second-order valence-electron chi connectivity index (χ2n) is 5.95. The topological polar surface area (TPSA) is 39.7 Å². The highest BCUT2D eigenvalue weighted by molar-refractivity contribution is 5.43. The number of aryl methyl sites for hydroxylation is 1. The van der Waals surface area contributed by atoms with Crippen LogP contribution in [0.1, 0.15) is 30.0 Å². The largest absolute Gasteiger partial charge is 0.490 e. The molecular weight excluding hydrogens is 314 g/mol. The molecule has 0 aliphatic rings. The SMILES string of the molecule is CCOc1cc(CNCCCOC)ccc1OCc1ccccc1C. The zero-order chi connectivity index (χ0) is 17.9. The molecule has 2 rings (SSSR count). The summed E-state index contributed by atoms with van der Waals surface area (Å²) in [5, 5.41) is 3.41. The van der Waals surface area contributed by atoms with E-state index in [-0.39, 0.29) is 0 Å². The van der Waals surface area contributed by atoms with Gasteiger partial charge in [-0.05, 0) is 55.6 Å². The van der Waals surface area contributed by atoms with Crippen molar-refractivity contribution in [2.24, 2.45) is 0 Å². The average molecular weight is 343 g/mol. The number of hydrogen-bond acceptors (Lipinski definition) is 4. The zero-order valence-corrected chi connectivity index (χ0v) is 15.5. The second-order valence-corrected chi connectivity index (χ2v) is 5.95. The molecule has 0 aliphatic carbocycles. The molecule has 2 aromatic carbocycles. The van der Waals surface area contributed by atoms with Crippen molar-refractivity contribution < 1.29 is 14.2 Å². The number of hydrogen-bond donors (Lipinski definition) is 1. The first-order chi connectivity index (χ1) is 12.2. The third kappa shape index (κ3) is 6.40. The smallest absolute Gasteiger partial charge is 0.161 e. The summed E-state index contributed by atoms with van der Waals surface area (Å²) in [7, 11) is 1.73. The standard InChI is InChI=1S/C21H29NO3/c1-4-24-21-14-18(15-22-12-7-13-23-3)10-11-20(21)25-16-19-9-6-5-8-17(19)2/h5-6,8-11,14,22H,4,7,12-13,15-16H2,1-3H3. The summed E-state index contributed by atoms with van der Waals surface area (Å²) in [6.45, 7) is 7.77. The lowest BCUT2D eigenvalue weighted by atomic mass is 10.1. The van der Waals surface area contributed by atoms with Crippen molar-refractivity contribution in [1.82, 2.24) is 5.32 Å². The fourth-order valence-electron chi connectivity index (χ4n) is 2.55. The molecular formula is C21H29NO3. The van der Waals surface area contributed by atoms with E-state index in [1.165, 1.54) is 16.7 Å². The first-order valence-corrected chi connectivity index (χ1v) is 8.87. The van der Waals surface area contributed by atoms with Crippen molar-refractivity contribution in [2.75, 3.05) is 26.9 Å². The molecule has 0 aliphatic heterocycles. The van der Waals surface area contributed by atoms with Crippen LogP contribution in [-0.2, 0) is 17.9 Å². The van der Waals surface area contributed by atoms with E-state index < -0.39 is 0 Å². The van der Waals surface area contributed by atoms with Crippen molar-refractivity contribution >= 4 is 0 Å². The van der Waals surface area contributed by atoms with Crippen molar-refractivity contribution in [1.29, 1.82) is 0 Å². The zero-order valence-electron chi connectivity index (χ0n) is 15.5. The van der Waals surface area contributed by atoms with E-state index in [0.29, 0.717) is 13.2 Å². The minimum absolute atomic E-state index is 0.543. The van der Waals surface area contributed by atoms with Gasteiger partial charge in [-0.2, -0.15) is 0 Å². The van der Waals surface area contributed by atoms with E-state index >= 15 is 0 Å². The molecule has 0 unspecified atom stereocenters. The lowest BCUT2D eigenvalue weighted by molar-refractivity contribution is 0.194. The Kier molecular flexibility index (Phi) is 8.29. The minimum atomic E-state index is 0.543. The maximum Gasteiger partial charge on any atom is 0.161 e. The van der Waals surface area contributed by atoms with Crippen molar-refractivity contribution in [3.05, 3.63) is 59.2 Å². The third-order valence-electron chi connectivity index (χ3n) is 3.98. The predicted molar refractivity (Wildman–Crippen MR) is 101 cm³/mol. The number of rotatable bonds is 11. The molecule has 2 aromatic rings. The van der Waals surface area contributed by atoms with Gasteiger partial charge in [-0.25, -0.2) is 0 Å². The molecule has 0 heterocycles. The Morgan fingerprint density at radius 1 is 1.00 bits per heavy atom. The van der Waals surface area contributed by atoms with Gasteiger partial charge in [0.2, 0.25) is 0 Å². The lowest BCUT2D eigenvalue weighted by Crippen LogP contribution is -2.16. The Balaban J connectivity index is 1.96. The molecule has 136 valence electrons. The number of ether oxygens (including phenoxy) is 3. The molecule has 0 saturated carbocycles. The summed E-state index contributed by atoms with van der Waals surface area (Å²) in [4.78, 5) is 0. The van der Waals surface area contributed by atoms with Crippen molar-refractivity contribution in [3.8, 4) is 11.5 Å². The Bertz CT molecular complexity index is 643. The van der Waals surface area contributed by atoms with Crippen LogP contribution in [-0.4, -0.2) is 26.9 Å². The van der Waals surface area contributed by atoms with E-state index in [2.05, 4.69) is 36.5 Å². The maximum atomic E-state index is 6.01. The highest BCUT2D eigenvalue weighted by atomic mass is 16.5. The van der Waals surface area contributed by atoms with Gasteiger partial charge in [-0.3, -0.25) is 0 Å². The van der Waals surface area contributed by atoms with Gasteiger partial charge in [0, 0.05) is 20.3 Å². The quantitative estimate of drug-likeness (QED) is 0.624. The third-order valence-corrected chi connectivity index (χ3v) is 3.98. The van der Waals surface area contributed by atoms with Gasteiger partial charge in [0.25, 0.3) is 0 Å². The Labute approximate surface area is 151 Å². The van der Waals surface area contributed by atoms with Crippen molar-refractivity contribution in [3.63, 3.8) is 0 Å². The van der Waals surface area contributed by atoms with E-state index in [0.717, 1.165) is 37.6 Å². The molecule has 4 nitrogen and oxygen atoms in total. The molecule has 25 heavy (non-hydrogen) atoms. The Morgan fingerprint density at radius 3 is 2.60 bits per heavy atom. The minimum Gasteiger partial charge on any atom is -0.490 e. The normalized spacial score (nSPS) is 10.7. The summed E-state index contributed by atoms with van der Waals surface area (Å²) < 4.78 is 16.8. The summed E-state index contributed by atoms with van der Waals surface area (Å²) in [6, 6.07) is 14.4. The van der Waals surface area contributed by atoms with Crippen LogP contribution >= 0.6 is 0 Å². The van der Waals surface area contributed by atoms with Gasteiger partial charge in [0.1, 0.15) is 6.61 Å². The summed E-state index contributed by atoms with van der Waals surface area (Å²) in [6.07, 6.45) is 1.01. The van der Waals surface area contributed by atoms with Gasteiger partial charge in [-0.15, -0.1) is 0 Å². The molecule has 4 heteroatoms. The molecule has 0 aromatic heterocycles. The molecule has 0 atom stereocenters. The monoisotopic (exact) mass is 343 g/mol. The molecule has 0 amide bonds. The molecule has 0 fully saturated rings. The number of benzene rings is 2. The maximum absolute atomic E-state index is 6.01.